The third kappa shape index (κ3) is 3.36. The fraction of sp³-hybridized carbons (Fsp3) is 0.360. The van der Waals surface area contributed by atoms with Crippen molar-refractivity contribution in [1.29, 1.82) is 0 Å². The minimum atomic E-state index is -2.09. The number of aromatic nitrogens is 2. The van der Waals surface area contributed by atoms with Crippen LogP contribution in [0.5, 0.6) is 0 Å². The van der Waals surface area contributed by atoms with Crippen LogP contribution in [0, 0.1) is 0 Å². The van der Waals surface area contributed by atoms with Gasteiger partial charge in [0.05, 0.1) is 43.6 Å². The molecule has 35 heavy (non-hydrogen) atoms. The van der Waals surface area contributed by atoms with E-state index in [1.807, 2.05) is 18.2 Å². The molecule has 0 spiro atoms. The second-order valence-electron chi connectivity index (χ2n) is 9.60. The zero-order chi connectivity index (χ0) is 25.1. The number of carbonyl (C=O) groups is 2. The molecular weight excluding hydrogens is 486 g/mol. The van der Waals surface area contributed by atoms with Gasteiger partial charge in [0.2, 0.25) is 5.60 Å². The Morgan fingerprint density at radius 3 is 2.71 bits per heavy atom. The maximum absolute atomic E-state index is 13.7. The Balaban J connectivity index is 1.83. The number of halogens is 1. The molecule has 2 aromatic heterocycles. The predicted octanol–water partition coefficient (Wildman–Crippen LogP) is 2.28. The van der Waals surface area contributed by atoms with E-state index in [0.29, 0.717) is 34.6 Å². The molecule has 0 aliphatic carbocycles. The topological polar surface area (TPSA) is 114 Å². The summed E-state index contributed by atoms with van der Waals surface area (Å²) in [7, 11) is -2.09. The van der Waals surface area contributed by atoms with Gasteiger partial charge in [0.25, 0.3) is 5.56 Å². The third-order valence-corrected chi connectivity index (χ3v) is 11.6. The van der Waals surface area contributed by atoms with Gasteiger partial charge in [0.1, 0.15) is 6.61 Å². The highest BCUT2D eigenvalue weighted by atomic mass is 35.5. The number of nitrogens with zero attached hydrogens (tertiary/aromatic N) is 2. The van der Waals surface area contributed by atoms with E-state index in [2.05, 4.69) is 19.2 Å². The largest absolute Gasteiger partial charge is 0.457 e. The summed E-state index contributed by atoms with van der Waals surface area (Å²) in [5.41, 5.74) is 7.69. The first-order valence-electron chi connectivity index (χ1n) is 11.5. The molecule has 2 aliphatic heterocycles. The molecule has 0 amide bonds. The average Bonchev–Trinajstić information content (AvgIpc) is 3.22. The van der Waals surface area contributed by atoms with Gasteiger partial charge >= 0.3 is 11.9 Å². The molecule has 0 saturated carbocycles. The van der Waals surface area contributed by atoms with Crippen LogP contribution in [0.1, 0.15) is 30.0 Å². The highest BCUT2D eigenvalue weighted by Gasteiger charge is 2.50. The summed E-state index contributed by atoms with van der Waals surface area (Å²) in [6.45, 7) is 5.89. The number of benzene rings is 1. The number of carbonyl (C=O) groups excluding carboxylic acids is 2. The standard InChI is InChI=1S/C25H26ClN3O5Si/c1-4-25(34-20(30)10-27)17-9-19-21-15(11-29(19)23(31)16(17)12-33-24(25)32)22(35(2,3)13-26)14-7-5-6-8-18(14)28-21/h5-9H,4,10-13,27H2,1-3H3. The number of hydrogen-bond donors (Lipinski definition) is 1. The summed E-state index contributed by atoms with van der Waals surface area (Å²) in [6.07, 6.45) is 0.100. The lowest BCUT2D eigenvalue weighted by molar-refractivity contribution is -0.188. The van der Waals surface area contributed by atoms with Crippen LogP contribution in [-0.4, -0.2) is 41.6 Å². The Morgan fingerprint density at radius 1 is 1.29 bits per heavy atom. The number of rotatable bonds is 5. The highest BCUT2D eigenvalue weighted by molar-refractivity contribution is 6.95. The molecule has 3 aromatic rings. The molecule has 10 heteroatoms. The quantitative estimate of drug-likeness (QED) is 0.248. The SMILES string of the molecule is CCC1(OC(=O)CN)C(=O)OCc2c1cc1n(c2=O)Cc2c-1nc1ccccc1c2[Si](C)(C)CCl. The van der Waals surface area contributed by atoms with Gasteiger partial charge in [-0.1, -0.05) is 38.2 Å². The van der Waals surface area contributed by atoms with Crippen molar-refractivity contribution in [3.8, 4) is 11.4 Å². The van der Waals surface area contributed by atoms with Crippen molar-refractivity contribution in [2.45, 2.75) is 45.2 Å². The minimum Gasteiger partial charge on any atom is -0.457 e. The van der Waals surface area contributed by atoms with Gasteiger partial charge in [-0.25, -0.2) is 9.78 Å². The van der Waals surface area contributed by atoms with E-state index < -0.39 is 32.2 Å². The summed E-state index contributed by atoms with van der Waals surface area (Å²) < 4.78 is 12.6. The van der Waals surface area contributed by atoms with Crippen molar-refractivity contribution in [3.63, 3.8) is 0 Å². The number of esters is 2. The third-order valence-electron chi connectivity index (χ3n) is 7.03. The van der Waals surface area contributed by atoms with Gasteiger partial charge in [0.15, 0.2) is 0 Å². The van der Waals surface area contributed by atoms with Gasteiger partial charge in [-0.15, -0.1) is 11.6 Å². The van der Waals surface area contributed by atoms with Crippen LogP contribution in [-0.2, 0) is 37.8 Å². The lowest BCUT2D eigenvalue weighted by atomic mass is 9.85. The molecule has 182 valence electrons. The molecule has 1 aromatic carbocycles. The first kappa shape index (κ1) is 23.7. The lowest BCUT2D eigenvalue weighted by Crippen LogP contribution is -2.48. The van der Waals surface area contributed by atoms with E-state index in [1.165, 1.54) is 5.19 Å². The van der Waals surface area contributed by atoms with Gasteiger partial charge in [-0.2, -0.15) is 0 Å². The molecule has 0 saturated heterocycles. The van der Waals surface area contributed by atoms with E-state index in [0.717, 1.165) is 16.5 Å². The van der Waals surface area contributed by atoms with Crippen molar-refractivity contribution in [2.24, 2.45) is 5.73 Å². The first-order chi connectivity index (χ1) is 16.7. The number of ether oxygens (including phenoxy) is 2. The van der Waals surface area contributed by atoms with Gasteiger partial charge < -0.3 is 19.8 Å². The van der Waals surface area contributed by atoms with Gasteiger partial charge in [0, 0.05) is 11.1 Å². The summed E-state index contributed by atoms with van der Waals surface area (Å²) in [4.78, 5) is 43.8. The average molecular weight is 512 g/mol. The van der Waals surface area contributed by atoms with Gasteiger partial charge in [-0.3, -0.25) is 9.59 Å². The predicted molar refractivity (Wildman–Crippen MR) is 135 cm³/mol. The lowest BCUT2D eigenvalue weighted by Gasteiger charge is -2.35. The molecule has 5 rings (SSSR count). The molecule has 1 atom stereocenters. The number of fused-ring (bicyclic) bond motifs is 5. The molecule has 0 bridgehead atoms. The van der Waals surface area contributed by atoms with Crippen molar-refractivity contribution >= 4 is 47.7 Å². The molecule has 8 nitrogen and oxygen atoms in total. The normalized spacial score (nSPS) is 18.6. The zero-order valence-corrected chi connectivity index (χ0v) is 21.6. The van der Waals surface area contributed by atoms with E-state index >= 15 is 0 Å². The zero-order valence-electron chi connectivity index (χ0n) is 19.8. The maximum Gasteiger partial charge on any atom is 0.355 e. The van der Waals surface area contributed by atoms with Crippen LogP contribution < -0.4 is 16.5 Å². The second-order valence-corrected chi connectivity index (χ2v) is 14.9. The fourth-order valence-electron chi connectivity index (χ4n) is 5.26. The molecule has 2 N–H and O–H groups in total. The molecule has 4 heterocycles. The van der Waals surface area contributed by atoms with Crippen LogP contribution >= 0.6 is 11.6 Å². The number of nitrogens with two attached hydrogens (primary N) is 1. The summed E-state index contributed by atoms with van der Waals surface area (Å²) >= 11 is 6.47. The van der Waals surface area contributed by atoms with Gasteiger partial charge in [-0.05, 0) is 34.7 Å². The Kier molecular flexibility index (Phi) is 5.62. The van der Waals surface area contributed by atoms with Crippen molar-refractivity contribution in [1.82, 2.24) is 9.55 Å². The van der Waals surface area contributed by atoms with E-state index in [4.69, 9.17) is 31.8 Å². The number of cyclic esters (lactones) is 1. The molecular formula is C25H26ClN3O5Si. The summed E-state index contributed by atoms with van der Waals surface area (Å²) in [5, 5.41) is 2.23. The Morgan fingerprint density at radius 2 is 2.03 bits per heavy atom. The van der Waals surface area contributed by atoms with E-state index in [-0.39, 0.29) is 18.6 Å². The highest BCUT2D eigenvalue weighted by Crippen LogP contribution is 2.41. The van der Waals surface area contributed by atoms with Crippen LogP contribution in [0.3, 0.4) is 0 Å². The molecule has 0 fully saturated rings. The van der Waals surface area contributed by atoms with Crippen LogP contribution in [0.25, 0.3) is 22.3 Å². The molecule has 2 aliphatic rings. The molecule has 0 radical (unpaired) electrons. The number of hydrogen-bond acceptors (Lipinski definition) is 7. The summed E-state index contributed by atoms with van der Waals surface area (Å²) in [5.74, 6) is -1.46. The van der Waals surface area contributed by atoms with Crippen molar-refractivity contribution in [2.75, 3.05) is 12.0 Å². The van der Waals surface area contributed by atoms with E-state index in [9.17, 15) is 14.4 Å². The minimum absolute atomic E-state index is 0.100. The summed E-state index contributed by atoms with van der Waals surface area (Å²) in [6, 6.07) is 9.68. The van der Waals surface area contributed by atoms with E-state index in [1.54, 1.807) is 17.6 Å². The fourth-order valence-corrected chi connectivity index (χ4v) is 7.75. The Bertz CT molecular complexity index is 1470. The Hall–Kier alpha value is -3.01. The smallest absolute Gasteiger partial charge is 0.355 e. The molecule has 1 unspecified atom stereocenters. The van der Waals surface area contributed by atoms with Crippen LogP contribution in [0.15, 0.2) is 35.1 Å². The monoisotopic (exact) mass is 511 g/mol. The van der Waals surface area contributed by atoms with Crippen LogP contribution in [0.4, 0.5) is 0 Å². The second kappa shape index (κ2) is 8.29. The van der Waals surface area contributed by atoms with Crippen molar-refractivity contribution in [3.05, 3.63) is 57.4 Å². The first-order valence-corrected chi connectivity index (χ1v) is 15.3. The Labute approximate surface area is 208 Å². The number of para-hydroxylation sites is 1. The van der Waals surface area contributed by atoms with Crippen LogP contribution in [0.2, 0.25) is 13.1 Å². The maximum atomic E-state index is 13.7. The van der Waals surface area contributed by atoms with Crippen molar-refractivity contribution < 1.29 is 19.1 Å². The number of alkyl halides is 1. The number of pyridine rings is 2.